The molecule has 6 heteroatoms. The maximum Gasteiger partial charge on any atom is 0.326 e. The van der Waals surface area contributed by atoms with Gasteiger partial charge in [-0.05, 0) is 49.8 Å². The second kappa shape index (κ2) is 16.9. The maximum absolute atomic E-state index is 12.1. The first-order chi connectivity index (χ1) is 15.4. The molecule has 0 aliphatic carbocycles. The molecule has 32 heavy (non-hydrogen) atoms. The van der Waals surface area contributed by atoms with E-state index in [2.05, 4.69) is 36.5 Å². The highest BCUT2D eigenvalue weighted by Crippen LogP contribution is 2.25. The summed E-state index contributed by atoms with van der Waals surface area (Å²) in [5.41, 5.74) is 0.523. The molecular formula is C26H39NO5. The molecule has 0 fully saturated rings. The van der Waals surface area contributed by atoms with Crippen molar-refractivity contribution in [2.75, 3.05) is 0 Å². The third-order valence-corrected chi connectivity index (χ3v) is 5.22. The van der Waals surface area contributed by atoms with E-state index in [1.807, 2.05) is 0 Å². The van der Waals surface area contributed by atoms with Gasteiger partial charge in [0.25, 0.3) is 0 Å². The summed E-state index contributed by atoms with van der Waals surface area (Å²) in [4.78, 5) is 23.6. The molecule has 178 valence electrons. The number of carbonyl (C=O) groups excluding carboxylic acids is 1. The molecule has 0 bridgehead atoms. The van der Waals surface area contributed by atoms with Crippen LogP contribution in [0.25, 0.3) is 0 Å². The number of hydrogen-bond donors (Lipinski definition) is 4. The molecule has 0 heterocycles. The fourth-order valence-corrected chi connectivity index (χ4v) is 3.31. The normalized spacial score (nSPS) is 12.4. The highest BCUT2D eigenvalue weighted by atomic mass is 16.4. The summed E-state index contributed by atoms with van der Waals surface area (Å²) in [7, 11) is 0. The van der Waals surface area contributed by atoms with Crippen molar-refractivity contribution < 1.29 is 24.9 Å². The number of carbonyl (C=O) groups is 2. The lowest BCUT2D eigenvalue weighted by Crippen LogP contribution is -2.42. The van der Waals surface area contributed by atoms with Crippen molar-refractivity contribution in [1.29, 1.82) is 0 Å². The highest BCUT2D eigenvalue weighted by Gasteiger charge is 2.20. The maximum atomic E-state index is 12.1. The van der Waals surface area contributed by atoms with Gasteiger partial charge in [-0.1, -0.05) is 69.4 Å². The van der Waals surface area contributed by atoms with Crippen molar-refractivity contribution >= 4 is 11.9 Å². The number of aliphatic carboxylic acids is 1. The summed E-state index contributed by atoms with van der Waals surface area (Å²) in [6.07, 6.45) is 20.0. The highest BCUT2D eigenvalue weighted by molar-refractivity contribution is 5.83. The number of rotatable bonds is 17. The molecule has 0 saturated heterocycles. The van der Waals surface area contributed by atoms with E-state index in [1.54, 1.807) is 0 Å². The molecule has 1 aromatic rings. The molecule has 0 saturated carbocycles. The first-order valence-electron chi connectivity index (χ1n) is 11.8. The summed E-state index contributed by atoms with van der Waals surface area (Å²) in [5.74, 6) is -1.99. The predicted octanol–water partition coefficient (Wildman–Crippen LogP) is 5.63. The standard InChI is InChI=1S/C26H39NO5/c1-2-3-4-5-6-7-8-9-10-11-12-13-14-15-16-25(30)27-22(26(31)32)19-21-17-18-23(28)24(29)20-21/h5-6,8-9,17-18,20,22,28-29H,2-4,7,10-16,19H2,1H3,(H,27,30)(H,31,32)/b6-5-,9-8-/t22-/m0/s1. The zero-order valence-corrected chi connectivity index (χ0v) is 19.3. The number of hydrogen-bond acceptors (Lipinski definition) is 4. The number of phenols is 2. The first-order valence-corrected chi connectivity index (χ1v) is 11.8. The summed E-state index contributed by atoms with van der Waals surface area (Å²) in [6, 6.07) is 3.06. The van der Waals surface area contributed by atoms with Crippen LogP contribution in [0.1, 0.15) is 83.1 Å². The number of aromatic hydroxyl groups is 2. The van der Waals surface area contributed by atoms with E-state index in [0.29, 0.717) is 12.0 Å². The number of amides is 1. The Balaban J connectivity index is 2.14. The van der Waals surface area contributed by atoms with Gasteiger partial charge < -0.3 is 20.6 Å². The Morgan fingerprint density at radius 2 is 1.56 bits per heavy atom. The van der Waals surface area contributed by atoms with Gasteiger partial charge in [-0.15, -0.1) is 0 Å². The van der Waals surface area contributed by atoms with E-state index in [9.17, 15) is 24.9 Å². The molecule has 4 N–H and O–H groups in total. The molecule has 0 unspecified atom stereocenters. The van der Waals surface area contributed by atoms with E-state index < -0.39 is 12.0 Å². The SMILES string of the molecule is CCCC/C=C\C/C=C\CCCCCCCC(=O)N[C@@H](Cc1ccc(O)c(O)c1)C(=O)O. The van der Waals surface area contributed by atoms with E-state index in [1.165, 1.54) is 37.5 Å². The van der Waals surface area contributed by atoms with E-state index in [0.717, 1.165) is 44.9 Å². The van der Waals surface area contributed by atoms with Crippen LogP contribution in [0.3, 0.4) is 0 Å². The number of carboxylic acid groups (broad SMARTS) is 1. The van der Waals surface area contributed by atoms with Crippen molar-refractivity contribution in [3.63, 3.8) is 0 Å². The Bertz CT molecular complexity index is 742. The Morgan fingerprint density at radius 1 is 0.906 bits per heavy atom. The molecule has 1 rings (SSSR count). The second-order valence-electron chi connectivity index (χ2n) is 8.11. The number of carboxylic acids is 1. The van der Waals surface area contributed by atoms with Crippen LogP contribution < -0.4 is 5.32 Å². The van der Waals surface area contributed by atoms with Crippen LogP contribution in [-0.2, 0) is 16.0 Å². The third-order valence-electron chi connectivity index (χ3n) is 5.22. The van der Waals surface area contributed by atoms with Crippen LogP contribution in [0, 0.1) is 0 Å². The minimum absolute atomic E-state index is 0.0387. The topological polar surface area (TPSA) is 107 Å². The second-order valence-corrected chi connectivity index (χ2v) is 8.11. The molecule has 0 aliphatic rings. The summed E-state index contributed by atoms with van der Waals surface area (Å²) in [5, 5.41) is 30.8. The lowest BCUT2D eigenvalue weighted by molar-refractivity contribution is -0.141. The van der Waals surface area contributed by atoms with Gasteiger partial charge in [0.2, 0.25) is 5.91 Å². The molecule has 0 radical (unpaired) electrons. The van der Waals surface area contributed by atoms with E-state index in [-0.39, 0.29) is 23.8 Å². The Hall–Kier alpha value is -2.76. The molecule has 6 nitrogen and oxygen atoms in total. The van der Waals surface area contributed by atoms with Gasteiger partial charge in [0.1, 0.15) is 6.04 Å². The van der Waals surface area contributed by atoms with Gasteiger partial charge in [0.15, 0.2) is 11.5 Å². The Kier molecular flexibility index (Phi) is 14.4. The van der Waals surface area contributed by atoms with Crippen LogP contribution in [0.15, 0.2) is 42.5 Å². The lowest BCUT2D eigenvalue weighted by Gasteiger charge is -2.15. The summed E-state index contributed by atoms with van der Waals surface area (Å²) >= 11 is 0. The van der Waals surface area contributed by atoms with Crippen LogP contribution in [-0.4, -0.2) is 33.2 Å². The van der Waals surface area contributed by atoms with Crippen LogP contribution in [0.5, 0.6) is 11.5 Å². The molecular weight excluding hydrogens is 406 g/mol. The van der Waals surface area contributed by atoms with Gasteiger partial charge in [0, 0.05) is 12.8 Å². The number of allylic oxidation sites excluding steroid dienone is 4. The molecule has 0 aromatic heterocycles. The molecule has 1 amide bonds. The molecule has 1 aromatic carbocycles. The van der Waals surface area contributed by atoms with Crippen LogP contribution in [0.4, 0.5) is 0 Å². The summed E-state index contributed by atoms with van der Waals surface area (Å²) in [6.45, 7) is 2.20. The van der Waals surface area contributed by atoms with Crippen molar-refractivity contribution in [1.82, 2.24) is 5.32 Å². The van der Waals surface area contributed by atoms with Gasteiger partial charge >= 0.3 is 5.97 Å². The van der Waals surface area contributed by atoms with Crippen molar-refractivity contribution in [3.05, 3.63) is 48.1 Å². The number of benzene rings is 1. The largest absolute Gasteiger partial charge is 0.504 e. The van der Waals surface area contributed by atoms with Crippen LogP contribution in [0.2, 0.25) is 0 Å². The number of unbranched alkanes of at least 4 members (excludes halogenated alkanes) is 7. The molecule has 0 aliphatic heterocycles. The number of phenolic OH excluding ortho intramolecular Hbond substituents is 2. The van der Waals surface area contributed by atoms with Gasteiger partial charge in [0.05, 0.1) is 0 Å². The monoisotopic (exact) mass is 445 g/mol. The molecule has 1 atom stereocenters. The predicted molar refractivity (Wildman–Crippen MR) is 128 cm³/mol. The van der Waals surface area contributed by atoms with E-state index >= 15 is 0 Å². The van der Waals surface area contributed by atoms with Crippen molar-refractivity contribution in [3.8, 4) is 11.5 Å². The quantitative estimate of drug-likeness (QED) is 0.141. The van der Waals surface area contributed by atoms with Crippen LogP contribution >= 0.6 is 0 Å². The fraction of sp³-hybridized carbons (Fsp3) is 0.538. The van der Waals surface area contributed by atoms with Gasteiger partial charge in [-0.2, -0.15) is 0 Å². The zero-order chi connectivity index (χ0) is 23.6. The minimum atomic E-state index is -1.13. The number of nitrogens with one attached hydrogen (secondary N) is 1. The first kappa shape index (κ1) is 27.3. The average molecular weight is 446 g/mol. The van der Waals surface area contributed by atoms with Crippen molar-refractivity contribution in [2.24, 2.45) is 0 Å². The average Bonchev–Trinajstić information content (AvgIpc) is 2.76. The Morgan fingerprint density at radius 3 is 2.22 bits per heavy atom. The van der Waals surface area contributed by atoms with Crippen molar-refractivity contribution in [2.45, 2.75) is 90.0 Å². The smallest absolute Gasteiger partial charge is 0.326 e. The fourth-order valence-electron chi connectivity index (χ4n) is 3.31. The molecule has 0 spiro atoms. The van der Waals surface area contributed by atoms with E-state index in [4.69, 9.17) is 0 Å². The lowest BCUT2D eigenvalue weighted by atomic mass is 10.0. The Labute approximate surface area is 192 Å². The van der Waals surface area contributed by atoms with Gasteiger partial charge in [-0.3, -0.25) is 4.79 Å². The van der Waals surface area contributed by atoms with Gasteiger partial charge in [-0.25, -0.2) is 4.79 Å². The third kappa shape index (κ3) is 12.8. The zero-order valence-electron chi connectivity index (χ0n) is 19.3. The summed E-state index contributed by atoms with van der Waals surface area (Å²) < 4.78 is 0. The minimum Gasteiger partial charge on any atom is -0.504 e.